The zero-order chi connectivity index (χ0) is 39.4. The van der Waals surface area contributed by atoms with Crippen LogP contribution in [0.3, 0.4) is 0 Å². The molecular weight excluding hydrogens is 709 g/mol. The minimum atomic E-state index is -2.68. The Kier molecular flexibility index (Phi) is 10.7. The second-order valence-electron chi connectivity index (χ2n) is 17.7. The number of ether oxygens (including phenoxy) is 9. The van der Waals surface area contributed by atoms with Crippen LogP contribution < -0.4 is 0 Å². The van der Waals surface area contributed by atoms with Crippen molar-refractivity contribution in [1.82, 2.24) is 0 Å². The summed E-state index contributed by atoms with van der Waals surface area (Å²) in [4.78, 5) is 0. The zero-order valence-electron chi connectivity index (χ0n) is 35.4. The predicted octanol–water partition coefficient (Wildman–Crippen LogP) is 7.36. The number of methoxy groups -OCH3 is 9. The Hall–Kier alpha value is -0.609. The minimum absolute atomic E-state index is 0.227. The van der Waals surface area contributed by atoms with E-state index in [1.54, 1.807) is 64.0 Å². The molecule has 0 N–H and O–H groups in total. The lowest BCUT2D eigenvalue weighted by Crippen LogP contribution is -2.78. The third-order valence-corrected chi connectivity index (χ3v) is 21.9. The van der Waals surface area contributed by atoms with Crippen molar-refractivity contribution >= 4 is 25.0 Å². The van der Waals surface area contributed by atoms with Crippen molar-refractivity contribution in [3.63, 3.8) is 0 Å². The standard InChI is InChI=1S/C36H66O12Si3/c1-29(2,3)50(19,20)47-35(44-14)26-23(32(35,39-9)40-10)24-27(34(43-13,46-49(16,17)18)31(24,37-7)38-8)28-25(26)33(41-11,42-12)36(28,45-15)48-51(21,22)30(4,5)6/h1-22H3/t34?,35-,36-/m1/s1. The van der Waals surface area contributed by atoms with Gasteiger partial charge in [0.1, 0.15) is 0 Å². The van der Waals surface area contributed by atoms with Gasteiger partial charge in [0, 0.05) is 97.4 Å². The summed E-state index contributed by atoms with van der Waals surface area (Å²) < 4.78 is 80.4. The highest BCUT2D eigenvalue weighted by Gasteiger charge is 2.86. The van der Waals surface area contributed by atoms with Gasteiger partial charge in [-0.2, -0.15) is 0 Å². The Morgan fingerprint density at radius 1 is 0.314 bits per heavy atom. The minimum Gasteiger partial charge on any atom is -0.383 e. The monoisotopic (exact) mass is 774 g/mol. The normalized spacial score (nSPS) is 27.9. The molecule has 0 spiro atoms. The maximum Gasteiger partial charge on any atom is 0.255 e. The van der Waals surface area contributed by atoms with E-state index in [0.29, 0.717) is 33.4 Å². The van der Waals surface area contributed by atoms with Crippen LogP contribution in [0.2, 0.25) is 55.9 Å². The maximum absolute atomic E-state index is 7.40. The molecule has 3 aliphatic carbocycles. The summed E-state index contributed by atoms with van der Waals surface area (Å²) in [6, 6.07) is 0. The molecule has 0 saturated heterocycles. The molecule has 0 aliphatic heterocycles. The first-order valence-electron chi connectivity index (χ1n) is 17.5. The van der Waals surface area contributed by atoms with Crippen molar-refractivity contribution < 1.29 is 55.9 Å². The molecule has 3 aliphatic rings. The van der Waals surface area contributed by atoms with Crippen molar-refractivity contribution in [1.29, 1.82) is 0 Å². The Morgan fingerprint density at radius 2 is 0.490 bits per heavy atom. The van der Waals surface area contributed by atoms with Gasteiger partial charge in [-0.15, -0.1) is 0 Å². The van der Waals surface area contributed by atoms with Crippen molar-refractivity contribution in [3.05, 3.63) is 33.4 Å². The first-order chi connectivity index (χ1) is 23.1. The van der Waals surface area contributed by atoms with Crippen LogP contribution in [0.1, 0.15) is 74.9 Å². The van der Waals surface area contributed by atoms with E-state index in [1.807, 2.05) is 0 Å². The number of hydrogen-bond donors (Lipinski definition) is 0. The molecule has 1 unspecified atom stereocenters. The average Bonchev–Trinajstić information content (AvgIpc) is 3.01. The fraction of sp³-hybridized carbons (Fsp3) is 0.833. The van der Waals surface area contributed by atoms with E-state index >= 15 is 0 Å². The second-order valence-corrected chi connectivity index (χ2v) is 31.6. The SMILES string of the molecule is COC1(OC)c2c(c3c(c4c2C(OC)(OC)[C@]4(OC)O[Si](C)(C)C(C)(C)C)C(OC)(OC)[C@]3(OC)O[Si](C)(C)C(C)(C)C)C1(OC)O[Si](C)(C)C. The van der Waals surface area contributed by atoms with Crippen LogP contribution in [0, 0.1) is 0 Å². The van der Waals surface area contributed by atoms with Crippen molar-refractivity contribution in [2.75, 3.05) is 64.0 Å². The number of benzene rings is 1. The lowest BCUT2D eigenvalue weighted by molar-refractivity contribution is -0.450. The quantitative estimate of drug-likeness (QED) is 0.131. The Labute approximate surface area is 309 Å². The van der Waals surface area contributed by atoms with E-state index in [9.17, 15) is 0 Å². The highest BCUT2D eigenvalue weighted by molar-refractivity contribution is 6.74. The van der Waals surface area contributed by atoms with Crippen LogP contribution in [-0.2, 0) is 90.6 Å². The van der Waals surface area contributed by atoms with Crippen LogP contribution in [0.25, 0.3) is 0 Å². The van der Waals surface area contributed by atoms with E-state index in [1.165, 1.54) is 0 Å². The van der Waals surface area contributed by atoms with Gasteiger partial charge >= 0.3 is 0 Å². The zero-order valence-corrected chi connectivity index (χ0v) is 38.4. The molecule has 1 aromatic rings. The number of rotatable bonds is 15. The molecule has 0 fully saturated rings. The second kappa shape index (κ2) is 12.7. The lowest BCUT2D eigenvalue weighted by Gasteiger charge is -2.70. The maximum atomic E-state index is 7.40. The summed E-state index contributed by atoms with van der Waals surface area (Å²) in [7, 11) is 6.43. The van der Waals surface area contributed by atoms with Gasteiger partial charge in [0.25, 0.3) is 17.4 Å². The summed E-state index contributed by atoms with van der Waals surface area (Å²) in [5.41, 5.74) is 3.56. The molecule has 0 aromatic heterocycles. The predicted molar refractivity (Wildman–Crippen MR) is 201 cm³/mol. The van der Waals surface area contributed by atoms with Crippen LogP contribution in [0.4, 0.5) is 0 Å². The van der Waals surface area contributed by atoms with Gasteiger partial charge in [0.05, 0.1) is 0 Å². The summed E-state index contributed by atoms with van der Waals surface area (Å²) in [5, 5.41) is -0.456. The molecule has 15 heteroatoms. The van der Waals surface area contributed by atoms with Gasteiger partial charge in [0.2, 0.25) is 17.4 Å². The van der Waals surface area contributed by atoms with Crippen LogP contribution in [0.5, 0.6) is 0 Å². The van der Waals surface area contributed by atoms with E-state index in [4.69, 9.17) is 55.9 Å². The molecule has 12 nitrogen and oxygen atoms in total. The van der Waals surface area contributed by atoms with E-state index in [-0.39, 0.29) is 10.1 Å². The molecule has 0 saturated carbocycles. The third kappa shape index (κ3) is 4.97. The van der Waals surface area contributed by atoms with E-state index < -0.39 is 59.7 Å². The first kappa shape index (κ1) is 43.1. The largest absolute Gasteiger partial charge is 0.383 e. The van der Waals surface area contributed by atoms with Crippen LogP contribution in [0.15, 0.2) is 0 Å². The summed E-state index contributed by atoms with van der Waals surface area (Å²) >= 11 is 0. The van der Waals surface area contributed by atoms with Gasteiger partial charge in [0.15, 0.2) is 25.0 Å². The molecule has 1 aromatic carbocycles. The van der Waals surface area contributed by atoms with Gasteiger partial charge in [-0.1, -0.05) is 41.5 Å². The first-order valence-corrected chi connectivity index (χ1v) is 26.7. The Bertz CT molecular complexity index is 1500. The highest BCUT2D eigenvalue weighted by Crippen LogP contribution is 2.78. The molecule has 4 rings (SSSR count). The van der Waals surface area contributed by atoms with Gasteiger partial charge in [-0.25, -0.2) is 0 Å². The fourth-order valence-electron chi connectivity index (χ4n) is 7.84. The van der Waals surface area contributed by atoms with Crippen molar-refractivity contribution in [3.8, 4) is 0 Å². The molecule has 0 bridgehead atoms. The van der Waals surface area contributed by atoms with Gasteiger partial charge < -0.3 is 55.9 Å². The Balaban J connectivity index is 2.40. The van der Waals surface area contributed by atoms with Crippen molar-refractivity contribution in [2.24, 2.45) is 0 Å². The highest BCUT2D eigenvalue weighted by atomic mass is 28.4. The van der Waals surface area contributed by atoms with Crippen LogP contribution >= 0.6 is 0 Å². The fourth-order valence-corrected chi connectivity index (χ4v) is 11.7. The number of fused-ring (bicyclic) bond motifs is 6. The average molecular weight is 775 g/mol. The third-order valence-electron chi connectivity index (χ3n) is 12.2. The lowest BCUT2D eigenvalue weighted by atomic mass is 9.52. The summed E-state index contributed by atoms with van der Waals surface area (Å²) in [5.74, 6) is -9.69. The topological polar surface area (TPSA) is 111 Å². The van der Waals surface area contributed by atoms with Crippen molar-refractivity contribution in [2.45, 2.75) is 132 Å². The summed E-state index contributed by atoms with van der Waals surface area (Å²) in [6.07, 6.45) is 0. The van der Waals surface area contributed by atoms with E-state index in [2.05, 4.69) is 87.4 Å². The molecule has 0 radical (unpaired) electrons. The smallest absolute Gasteiger partial charge is 0.255 e. The Morgan fingerprint density at radius 3 is 0.647 bits per heavy atom. The van der Waals surface area contributed by atoms with Gasteiger partial charge in [-0.05, 0) is 55.9 Å². The number of hydrogen-bond acceptors (Lipinski definition) is 12. The molecule has 3 atom stereocenters. The molecule has 51 heavy (non-hydrogen) atoms. The molecule has 0 amide bonds. The molecule has 294 valence electrons. The molecule has 0 heterocycles. The van der Waals surface area contributed by atoms with E-state index in [0.717, 1.165) is 0 Å². The molecular formula is C36H66O12Si3. The van der Waals surface area contributed by atoms with Gasteiger partial charge in [-0.3, -0.25) is 0 Å². The van der Waals surface area contributed by atoms with Crippen LogP contribution in [-0.4, -0.2) is 88.9 Å². The summed E-state index contributed by atoms with van der Waals surface area (Å²) in [6.45, 7) is 27.9.